The summed E-state index contributed by atoms with van der Waals surface area (Å²) in [4.78, 5) is 8.28. The van der Waals surface area contributed by atoms with Crippen LogP contribution in [0.15, 0.2) is 42.6 Å². The molecule has 0 unspecified atom stereocenters. The summed E-state index contributed by atoms with van der Waals surface area (Å²) in [6, 6.07) is 12.0. The van der Waals surface area contributed by atoms with E-state index in [0.29, 0.717) is 0 Å². The van der Waals surface area contributed by atoms with Crippen molar-refractivity contribution in [1.82, 2.24) is 4.98 Å². The van der Waals surface area contributed by atoms with Crippen LogP contribution in [0.5, 0.6) is 5.75 Å². The molecule has 3 rings (SSSR count). The number of methoxy groups -OCH3 is 1. The van der Waals surface area contributed by atoms with Crippen LogP contribution < -0.4 is 10.1 Å². The third kappa shape index (κ3) is 2.75. The fourth-order valence-corrected chi connectivity index (χ4v) is 2.66. The van der Waals surface area contributed by atoms with Gasteiger partial charge in [0.1, 0.15) is 11.4 Å². The average Bonchev–Trinajstić information content (AvgIpc) is 2.54. The standard InChI is InChI=1S/C18H19N3O/c1-19-18(10-3-11-18)17-9-6-15(13-21-17)20-12-14-4-7-16(22-2)8-5-14/h4-9,13,20H,3,10-12H2,2H3. The van der Waals surface area contributed by atoms with E-state index in [4.69, 9.17) is 11.3 Å². The van der Waals surface area contributed by atoms with Crippen molar-refractivity contribution >= 4 is 5.69 Å². The summed E-state index contributed by atoms with van der Waals surface area (Å²) in [5, 5.41) is 3.35. The van der Waals surface area contributed by atoms with Crippen LogP contribution in [0.1, 0.15) is 30.5 Å². The van der Waals surface area contributed by atoms with E-state index < -0.39 is 0 Å². The Bertz CT molecular complexity index is 667. The fraction of sp³-hybridized carbons (Fsp3) is 0.333. The Balaban J connectivity index is 1.62. The first-order valence-electron chi connectivity index (χ1n) is 7.48. The van der Waals surface area contributed by atoms with Crippen molar-refractivity contribution in [3.05, 3.63) is 65.3 Å². The van der Waals surface area contributed by atoms with Crippen LogP contribution in [0.4, 0.5) is 5.69 Å². The van der Waals surface area contributed by atoms with E-state index in [9.17, 15) is 0 Å². The Kier molecular flexibility index (Phi) is 3.97. The van der Waals surface area contributed by atoms with Crippen molar-refractivity contribution in [1.29, 1.82) is 0 Å². The molecule has 0 bridgehead atoms. The van der Waals surface area contributed by atoms with Crippen LogP contribution in [0.2, 0.25) is 0 Å². The number of nitrogens with zero attached hydrogens (tertiary/aromatic N) is 2. The lowest BCUT2D eigenvalue weighted by atomic mass is 9.75. The predicted molar refractivity (Wildman–Crippen MR) is 86.7 cm³/mol. The molecule has 4 heteroatoms. The minimum atomic E-state index is -0.353. The summed E-state index contributed by atoms with van der Waals surface area (Å²) < 4.78 is 5.15. The number of rotatable bonds is 5. The van der Waals surface area contributed by atoms with Crippen LogP contribution in [-0.2, 0) is 12.1 Å². The smallest absolute Gasteiger partial charge is 0.274 e. The van der Waals surface area contributed by atoms with Gasteiger partial charge in [-0.1, -0.05) is 12.1 Å². The maximum Gasteiger partial charge on any atom is 0.274 e. The quantitative estimate of drug-likeness (QED) is 0.847. The van der Waals surface area contributed by atoms with Gasteiger partial charge < -0.3 is 14.9 Å². The third-order valence-electron chi connectivity index (χ3n) is 4.29. The van der Waals surface area contributed by atoms with E-state index in [1.165, 1.54) is 5.56 Å². The summed E-state index contributed by atoms with van der Waals surface area (Å²) in [5.74, 6) is 0.861. The van der Waals surface area contributed by atoms with Gasteiger partial charge >= 0.3 is 0 Å². The van der Waals surface area contributed by atoms with Gasteiger partial charge in [0.2, 0.25) is 0 Å². The molecule has 2 aromatic rings. The highest BCUT2D eigenvalue weighted by Gasteiger charge is 2.46. The normalized spacial score (nSPS) is 15.5. The second kappa shape index (κ2) is 6.07. The van der Waals surface area contributed by atoms with Gasteiger partial charge in [-0.15, -0.1) is 0 Å². The van der Waals surface area contributed by atoms with E-state index >= 15 is 0 Å². The molecule has 22 heavy (non-hydrogen) atoms. The topological polar surface area (TPSA) is 38.5 Å². The van der Waals surface area contributed by atoms with Crippen molar-refractivity contribution < 1.29 is 4.74 Å². The van der Waals surface area contributed by atoms with E-state index in [-0.39, 0.29) is 5.54 Å². The van der Waals surface area contributed by atoms with Crippen molar-refractivity contribution in [3.63, 3.8) is 0 Å². The monoisotopic (exact) mass is 293 g/mol. The van der Waals surface area contributed by atoms with Gasteiger partial charge in [-0.05, 0) is 36.2 Å². The van der Waals surface area contributed by atoms with Gasteiger partial charge in [0.25, 0.3) is 5.54 Å². The first-order chi connectivity index (χ1) is 10.8. The van der Waals surface area contributed by atoms with E-state index in [2.05, 4.69) is 15.1 Å². The highest BCUT2D eigenvalue weighted by Crippen LogP contribution is 2.44. The average molecular weight is 293 g/mol. The van der Waals surface area contributed by atoms with Crippen LogP contribution in [0, 0.1) is 6.57 Å². The van der Waals surface area contributed by atoms with Gasteiger partial charge in [-0.3, -0.25) is 4.98 Å². The maximum absolute atomic E-state index is 7.38. The number of nitrogens with one attached hydrogen (secondary N) is 1. The Hall–Kier alpha value is -2.54. The number of benzene rings is 1. The molecular formula is C18H19N3O. The molecule has 1 N–H and O–H groups in total. The molecule has 1 fully saturated rings. The predicted octanol–water partition coefficient (Wildman–Crippen LogP) is 4.00. The van der Waals surface area contributed by atoms with Gasteiger partial charge in [0.05, 0.1) is 19.0 Å². The molecule has 0 saturated heterocycles. The molecule has 4 nitrogen and oxygen atoms in total. The number of aromatic nitrogens is 1. The van der Waals surface area contributed by atoms with Gasteiger partial charge in [0, 0.05) is 19.4 Å². The highest BCUT2D eigenvalue weighted by molar-refractivity contribution is 5.43. The molecule has 0 amide bonds. The number of ether oxygens (including phenoxy) is 1. The molecule has 1 aromatic carbocycles. The zero-order valence-electron chi connectivity index (χ0n) is 12.7. The molecule has 1 aliphatic carbocycles. The summed E-state index contributed by atoms with van der Waals surface area (Å²) in [6.45, 7) is 8.12. The first kappa shape index (κ1) is 14.4. The van der Waals surface area contributed by atoms with Crippen LogP contribution in [-0.4, -0.2) is 12.1 Å². The summed E-state index contributed by atoms with van der Waals surface area (Å²) in [6.07, 6.45) is 4.82. The zero-order valence-corrected chi connectivity index (χ0v) is 12.7. The Morgan fingerprint density at radius 1 is 1.23 bits per heavy atom. The SMILES string of the molecule is [C-]#[N+]C1(c2ccc(NCc3ccc(OC)cc3)cn2)CCC1. The summed E-state index contributed by atoms with van der Waals surface area (Å²) in [5.41, 5.74) is 2.71. The number of hydrogen-bond donors (Lipinski definition) is 1. The maximum atomic E-state index is 7.38. The molecular weight excluding hydrogens is 274 g/mol. The van der Waals surface area contributed by atoms with E-state index in [1.807, 2.05) is 42.6 Å². The Morgan fingerprint density at radius 3 is 2.50 bits per heavy atom. The van der Waals surface area contributed by atoms with Crippen molar-refractivity contribution in [3.8, 4) is 5.75 Å². The third-order valence-corrected chi connectivity index (χ3v) is 4.29. The minimum absolute atomic E-state index is 0.353. The van der Waals surface area contributed by atoms with Gasteiger partial charge in [-0.25, -0.2) is 6.57 Å². The summed E-state index contributed by atoms with van der Waals surface area (Å²) >= 11 is 0. The van der Waals surface area contributed by atoms with Crippen molar-refractivity contribution in [2.75, 3.05) is 12.4 Å². The zero-order chi connectivity index (χ0) is 15.4. The lowest BCUT2D eigenvalue weighted by Gasteiger charge is -2.29. The lowest BCUT2D eigenvalue weighted by molar-refractivity contribution is 0.302. The van der Waals surface area contributed by atoms with Crippen LogP contribution in [0.25, 0.3) is 4.85 Å². The molecule has 1 aliphatic rings. The molecule has 1 heterocycles. The van der Waals surface area contributed by atoms with E-state index in [0.717, 1.165) is 42.9 Å². The molecule has 1 saturated carbocycles. The number of pyridine rings is 1. The Labute approximate surface area is 131 Å². The second-order valence-electron chi connectivity index (χ2n) is 5.63. The Morgan fingerprint density at radius 2 is 2.00 bits per heavy atom. The largest absolute Gasteiger partial charge is 0.497 e. The molecule has 0 aliphatic heterocycles. The number of anilines is 1. The van der Waals surface area contributed by atoms with Crippen LogP contribution in [0.3, 0.4) is 0 Å². The second-order valence-corrected chi connectivity index (χ2v) is 5.63. The molecule has 0 atom stereocenters. The molecule has 112 valence electrons. The minimum Gasteiger partial charge on any atom is -0.497 e. The van der Waals surface area contributed by atoms with E-state index in [1.54, 1.807) is 7.11 Å². The lowest BCUT2D eigenvalue weighted by Crippen LogP contribution is -2.31. The molecule has 1 aromatic heterocycles. The molecule has 0 radical (unpaired) electrons. The fourth-order valence-electron chi connectivity index (χ4n) is 2.66. The summed E-state index contributed by atoms with van der Waals surface area (Å²) in [7, 11) is 1.67. The first-order valence-corrected chi connectivity index (χ1v) is 7.48. The van der Waals surface area contributed by atoms with Crippen molar-refractivity contribution in [2.24, 2.45) is 0 Å². The van der Waals surface area contributed by atoms with Crippen LogP contribution >= 0.6 is 0 Å². The van der Waals surface area contributed by atoms with Crippen molar-refractivity contribution in [2.45, 2.75) is 31.3 Å². The van der Waals surface area contributed by atoms with Gasteiger partial charge in [0.15, 0.2) is 0 Å². The number of hydrogen-bond acceptors (Lipinski definition) is 3. The highest BCUT2D eigenvalue weighted by atomic mass is 16.5. The molecule has 0 spiro atoms. The van der Waals surface area contributed by atoms with Gasteiger partial charge in [-0.2, -0.15) is 0 Å².